The summed E-state index contributed by atoms with van der Waals surface area (Å²) in [5.74, 6) is -1.27. The van der Waals surface area contributed by atoms with E-state index in [0.29, 0.717) is 54.9 Å². The zero-order chi connectivity index (χ0) is 32.8. The summed E-state index contributed by atoms with van der Waals surface area (Å²) in [7, 11) is 3.41. The number of amides is 2. The third-order valence-electron chi connectivity index (χ3n) is 9.88. The zero-order valence-corrected chi connectivity index (χ0v) is 27.9. The highest BCUT2D eigenvalue weighted by atomic mass is 79.9. The lowest BCUT2D eigenvalue weighted by Crippen LogP contribution is -2.50. The Labute approximate surface area is 280 Å². The van der Waals surface area contributed by atoms with Gasteiger partial charge in [-0.3, -0.25) is 14.4 Å². The van der Waals surface area contributed by atoms with E-state index in [1.807, 2.05) is 60.5 Å². The van der Waals surface area contributed by atoms with Crippen LogP contribution >= 0.6 is 15.9 Å². The minimum absolute atomic E-state index is 0.0805. The zero-order valence-electron chi connectivity index (χ0n) is 26.3. The van der Waals surface area contributed by atoms with E-state index in [4.69, 9.17) is 9.47 Å². The van der Waals surface area contributed by atoms with Crippen LogP contribution in [-0.4, -0.2) is 67.9 Å². The van der Waals surface area contributed by atoms with E-state index < -0.39 is 23.8 Å². The molecule has 4 aromatic rings. The van der Waals surface area contributed by atoms with E-state index in [2.05, 4.69) is 26.2 Å². The van der Waals surface area contributed by atoms with Gasteiger partial charge >= 0.3 is 5.97 Å². The van der Waals surface area contributed by atoms with Gasteiger partial charge in [-0.05, 0) is 66.3 Å². The van der Waals surface area contributed by atoms with Gasteiger partial charge < -0.3 is 24.4 Å². The number of nitrogens with zero attached hydrogens (tertiary/aromatic N) is 5. The molecule has 3 heterocycles. The van der Waals surface area contributed by atoms with Crippen LogP contribution in [0, 0.1) is 11.8 Å². The second kappa shape index (κ2) is 12.6. The van der Waals surface area contributed by atoms with Crippen molar-refractivity contribution in [3.63, 3.8) is 0 Å². The van der Waals surface area contributed by atoms with Crippen LogP contribution in [0.3, 0.4) is 0 Å². The molecule has 7 rings (SSSR count). The molecule has 1 N–H and O–H groups in total. The molecule has 1 aromatic heterocycles. The number of carboxylic acids is 1. The summed E-state index contributed by atoms with van der Waals surface area (Å²) in [5, 5.41) is 18.4. The number of aromatic nitrogens is 3. The molecule has 0 radical (unpaired) electrons. The number of aryl methyl sites for hydroxylation is 1. The lowest BCUT2D eigenvalue weighted by Gasteiger charge is -2.43. The van der Waals surface area contributed by atoms with Crippen molar-refractivity contribution in [2.45, 2.75) is 51.3 Å². The van der Waals surface area contributed by atoms with Crippen LogP contribution in [0.4, 0.5) is 0 Å². The van der Waals surface area contributed by atoms with Gasteiger partial charge in [0.25, 0.3) is 5.91 Å². The summed E-state index contributed by atoms with van der Waals surface area (Å²) in [6, 6.07) is 14.7. The van der Waals surface area contributed by atoms with E-state index in [9.17, 15) is 19.5 Å². The Bertz CT molecular complexity index is 1890. The molecule has 1 fully saturated rings. The van der Waals surface area contributed by atoms with Gasteiger partial charge in [-0.15, -0.1) is 5.10 Å². The van der Waals surface area contributed by atoms with Gasteiger partial charge in [0, 0.05) is 42.3 Å². The lowest BCUT2D eigenvalue weighted by molar-refractivity contribution is -0.153. The fraction of sp³-hybridized carbons (Fsp3) is 0.400. The van der Waals surface area contributed by atoms with Gasteiger partial charge in [0.15, 0.2) is 0 Å². The van der Waals surface area contributed by atoms with Crippen LogP contribution in [0.1, 0.15) is 64.3 Å². The molecule has 47 heavy (non-hydrogen) atoms. The molecule has 0 bridgehead atoms. The summed E-state index contributed by atoms with van der Waals surface area (Å²) >= 11 is 3.75. The molecule has 3 aliphatic rings. The fourth-order valence-electron chi connectivity index (χ4n) is 7.58. The maximum atomic E-state index is 14.4. The monoisotopic (exact) mass is 701 g/mol. The average Bonchev–Trinajstić information content (AvgIpc) is 3.62. The molecule has 3 aromatic carbocycles. The van der Waals surface area contributed by atoms with E-state index in [0.717, 1.165) is 45.1 Å². The van der Waals surface area contributed by atoms with E-state index >= 15 is 0 Å². The number of fused-ring (bicyclic) bond motifs is 3. The number of hydrogen-bond acceptors (Lipinski definition) is 7. The third kappa shape index (κ3) is 5.62. The van der Waals surface area contributed by atoms with Gasteiger partial charge in [0.05, 0.1) is 25.0 Å². The molecule has 12 heteroatoms. The van der Waals surface area contributed by atoms with Gasteiger partial charge in [0.1, 0.15) is 29.1 Å². The number of rotatable bonds is 8. The number of halogens is 1. The largest absolute Gasteiger partial charge is 0.494 e. The van der Waals surface area contributed by atoms with Gasteiger partial charge in [-0.2, -0.15) is 0 Å². The number of carbonyl (C=O) groups excluding carboxylic acids is 2. The Morgan fingerprint density at radius 3 is 2.62 bits per heavy atom. The van der Waals surface area contributed by atoms with Crippen molar-refractivity contribution in [3.05, 3.63) is 80.8 Å². The highest BCUT2D eigenvalue weighted by molar-refractivity contribution is 9.10. The van der Waals surface area contributed by atoms with Crippen molar-refractivity contribution in [1.29, 1.82) is 0 Å². The van der Waals surface area contributed by atoms with E-state index in [-0.39, 0.29) is 25.0 Å². The molecule has 3 atom stereocenters. The molecule has 0 spiro atoms. The first-order valence-corrected chi connectivity index (χ1v) is 16.7. The minimum atomic E-state index is -0.926. The van der Waals surface area contributed by atoms with Crippen LogP contribution in [0.25, 0.3) is 11.0 Å². The Morgan fingerprint density at radius 1 is 1.06 bits per heavy atom. The predicted molar refractivity (Wildman–Crippen MR) is 176 cm³/mol. The topological polar surface area (TPSA) is 127 Å². The fourth-order valence-corrected chi connectivity index (χ4v) is 8.12. The molecular formula is C35H36BrN5O6. The maximum absolute atomic E-state index is 14.4. The standard InChI is InChI=1S/C35H36BrN5O6/c1-39-32-27(37-38-39)15-20(16-30(32)46-2)19-47-29-12-11-26(36)25-13-14-41(34(43)23-9-5-6-10-24(23)35(44)45)28(31(25)29)18-40-17-21-7-3-4-8-22(21)33(40)42/h3-4,7-8,11-12,15-16,23-24,28H,5-6,9-10,13-14,17-19H2,1-2H3,(H,44,45)/t23-,24+,28?/m1/s1. The number of hydrogen-bond donors (Lipinski definition) is 1. The smallest absolute Gasteiger partial charge is 0.307 e. The van der Waals surface area contributed by atoms with Crippen molar-refractivity contribution in [2.24, 2.45) is 18.9 Å². The van der Waals surface area contributed by atoms with Crippen molar-refractivity contribution < 1.29 is 29.0 Å². The quantitative estimate of drug-likeness (QED) is 0.263. The number of benzene rings is 3. The summed E-state index contributed by atoms with van der Waals surface area (Å²) < 4.78 is 14.7. The summed E-state index contributed by atoms with van der Waals surface area (Å²) in [5.41, 5.74) is 5.76. The summed E-state index contributed by atoms with van der Waals surface area (Å²) in [6.07, 6.45) is 3.19. The van der Waals surface area contributed by atoms with Crippen molar-refractivity contribution in [2.75, 3.05) is 20.2 Å². The third-order valence-corrected chi connectivity index (χ3v) is 10.6. The van der Waals surface area contributed by atoms with Crippen molar-refractivity contribution in [1.82, 2.24) is 24.8 Å². The SMILES string of the molecule is COc1cc(COc2ccc(Br)c3c2C(CN2Cc4ccccc4C2=O)N(C(=O)[C@@H]2CCCC[C@@H]2C(=O)O)CC3)cc2nnn(C)c12. The highest BCUT2D eigenvalue weighted by Crippen LogP contribution is 2.44. The minimum Gasteiger partial charge on any atom is -0.494 e. The average molecular weight is 703 g/mol. The van der Waals surface area contributed by atoms with Crippen LogP contribution in [0.5, 0.6) is 11.5 Å². The first-order valence-electron chi connectivity index (χ1n) is 16.0. The molecule has 2 aliphatic heterocycles. The van der Waals surface area contributed by atoms with Crippen LogP contribution in [-0.2, 0) is 36.2 Å². The van der Waals surface area contributed by atoms with Gasteiger partial charge in [-0.25, -0.2) is 4.68 Å². The molecule has 0 saturated heterocycles. The van der Waals surface area contributed by atoms with Crippen molar-refractivity contribution in [3.8, 4) is 11.5 Å². The Morgan fingerprint density at radius 2 is 1.85 bits per heavy atom. The summed E-state index contributed by atoms with van der Waals surface area (Å²) in [6.45, 7) is 1.31. The highest BCUT2D eigenvalue weighted by Gasteiger charge is 2.44. The second-order valence-electron chi connectivity index (χ2n) is 12.6. The van der Waals surface area contributed by atoms with E-state index in [1.54, 1.807) is 16.7 Å². The Hall–Kier alpha value is -4.45. The van der Waals surface area contributed by atoms with Crippen molar-refractivity contribution >= 4 is 44.7 Å². The molecule has 1 saturated carbocycles. The first-order chi connectivity index (χ1) is 22.7. The molecule has 244 valence electrons. The van der Waals surface area contributed by atoms with Gasteiger partial charge in [0.2, 0.25) is 5.91 Å². The second-order valence-corrected chi connectivity index (χ2v) is 13.4. The lowest BCUT2D eigenvalue weighted by atomic mass is 9.77. The van der Waals surface area contributed by atoms with Crippen LogP contribution in [0.2, 0.25) is 0 Å². The normalized spacial score (nSPS) is 20.7. The molecule has 2 amide bonds. The number of ether oxygens (including phenoxy) is 2. The molecule has 11 nitrogen and oxygen atoms in total. The number of carbonyl (C=O) groups is 3. The first kappa shape index (κ1) is 31.2. The van der Waals surface area contributed by atoms with Crippen LogP contribution < -0.4 is 9.47 Å². The molecular weight excluding hydrogens is 666 g/mol. The predicted octanol–water partition coefficient (Wildman–Crippen LogP) is 5.29. The molecule has 1 aliphatic carbocycles. The number of methoxy groups -OCH3 is 1. The Kier molecular flexibility index (Phi) is 8.37. The van der Waals surface area contributed by atoms with E-state index in [1.165, 1.54) is 0 Å². The van der Waals surface area contributed by atoms with Gasteiger partial charge in [-0.1, -0.05) is 52.2 Å². The molecule has 1 unspecified atom stereocenters. The number of aliphatic carboxylic acids is 1. The maximum Gasteiger partial charge on any atom is 0.307 e. The van der Waals surface area contributed by atoms with Crippen LogP contribution in [0.15, 0.2) is 53.0 Å². The summed E-state index contributed by atoms with van der Waals surface area (Å²) in [4.78, 5) is 43.9. The number of carboxylic acid groups (broad SMARTS) is 1. The Balaban J connectivity index is 1.26.